The van der Waals surface area contributed by atoms with Gasteiger partial charge in [-0.15, -0.1) is 0 Å². The van der Waals surface area contributed by atoms with Gasteiger partial charge >= 0.3 is 0 Å². The minimum atomic E-state index is -3.29. The Kier molecular flexibility index (Phi) is 5.08. The number of piperidine rings is 1. The van der Waals surface area contributed by atoms with Crippen LogP contribution in [0.25, 0.3) is 0 Å². The Balaban J connectivity index is 1.61. The van der Waals surface area contributed by atoms with E-state index in [4.69, 9.17) is 0 Å². The van der Waals surface area contributed by atoms with Crippen molar-refractivity contribution in [2.45, 2.75) is 46.1 Å². The minimum absolute atomic E-state index is 0.00891. The van der Waals surface area contributed by atoms with Gasteiger partial charge in [0.15, 0.2) is 0 Å². The van der Waals surface area contributed by atoms with Crippen LogP contribution in [-0.2, 0) is 16.8 Å². The SMILES string of the molecule is Cc1ncn(CC2CCN(S(=O)(=O)N3CCCC3)CC2)c(=O)c1C. The molecule has 134 valence electrons. The van der Waals surface area contributed by atoms with E-state index in [-0.39, 0.29) is 5.56 Å². The second-order valence-electron chi connectivity index (χ2n) is 6.87. The van der Waals surface area contributed by atoms with Crippen LogP contribution in [0.3, 0.4) is 0 Å². The lowest BCUT2D eigenvalue weighted by molar-refractivity contribution is 0.239. The van der Waals surface area contributed by atoms with Gasteiger partial charge in [-0.3, -0.25) is 9.36 Å². The van der Waals surface area contributed by atoms with Crippen molar-refractivity contribution in [1.82, 2.24) is 18.2 Å². The maximum Gasteiger partial charge on any atom is 0.281 e. The van der Waals surface area contributed by atoms with Crippen LogP contribution in [0.2, 0.25) is 0 Å². The second kappa shape index (κ2) is 6.93. The summed E-state index contributed by atoms with van der Waals surface area (Å²) in [7, 11) is -3.29. The zero-order valence-electron chi connectivity index (χ0n) is 14.4. The molecule has 0 radical (unpaired) electrons. The van der Waals surface area contributed by atoms with Gasteiger partial charge in [0.1, 0.15) is 0 Å². The second-order valence-corrected chi connectivity index (χ2v) is 8.80. The van der Waals surface area contributed by atoms with E-state index in [1.807, 2.05) is 6.92 Å². The molecule has 2 fully saturated rings. The quantitative estimate of drug-likeness (QED) is 0.805. The van der Waals surface area contributed by atoms with Gasteiger partial charge < -0.3 is 0 Å². The van der Waals surface area contributed by atoms with Gasteiger partial charge in [0.2, 0.25) is 0 Å². The average Bonchev–Trinajstić information content (AvgIpc) is 3.11. The first-order valence-corrected chi connectivity index (χ1v) is 10.1. The normalized spacial score (nSPS) is 21.4. The molecule has 1 aromatic rings. The van der Waals surface area contributed by atoms with Crippen LogP contribution in [0.4, 0.5) is 0 Å². The van der Waals surface area contributed by atoms with Crippen molar-refractivity contribution < 1.29 is 8.42 Å². The van der Waals surface area contributed by atoms with Gasteiger partial charge in [-0.05, 0) is 45.4 Å². The van der Waals surface area contributed by atoms with Gasteiger partial charge in [-0.1, -0.05) is 0 Å². The summed E-state index contributed by atoms with van der Waals surface area (Å²) in [6, 6.07) is 0. The Bertz CT molecular complexity index is 745. The molecule has 24 heavy (non-hydrogen) atoms. The average molecular weight is 354 g/mol. The first-order chi connectivity index (χ1) is 11.4. The van der Waals surface area contributed by atoms with Crippen LogP contribution in [0.15, 0.2) is 11.1 Å². The summed E-state index contributed by atoms with van der Waals surface area (Å²) < 4.78 is 30.0. The van der Waals surface area contributed by atoms with Gasteiger partial charge in [0, 0.05) is 44.0 Å². The Hall–Kier alpha value is -1.25. The van der Waals surface area contributed by atoms with E-state index in [0.717, 1.165) is 31.4 Å². The van der Waals surface area contributed by atoms with Crippen molar-refractivity contribution in [1.29, 1.82) is 0 Å². The molecule has 2 aliphatic rings. The zero-order chi connectivity index (χ0) is 17.3. The smallest absolute Gasteiger partial charge is 0.281 e. The molecule has 3 heterocycles. The van der Waals surface area contributed by atoms with Gasteiger partial charge in [0.05, 0.1) is 6.33 Å². The van der Waals surface area contributed by atoms with Crippen molar-refractivity contribution in [3.8, 4) is 0 Å². The molecular weight excluding hydrogens is 328 g/mol. The van der Waals surface area contributed by atoms with E-state index in [1.54, 1.807) is 26.4 Å². The molecule has 0 saturated carbocycles. The Morgan fingerprint density at radius 2 is 1.67 bits per heavy atom. The molecule has 0 aliphatic carbocycles. The van der Waals surface area contributed by atoms with Crippen molar-refractivity contribution in [2.75, 3.05) is 26.2 Å². The molecule has 0 unspecified atom stereocenters. The predicted octanol–water partition coefficient (Wildman–Crippen LogP) is 0.913. The summed E-state index contributed by atoms with van der Waals surface area (Å²) in [4.78, 5) is 16.5. The Morgan fingerprint density at radius 3 is 2.29 bits per heavy atom. The van der Waals surface area contributed by atoms with Crippen molar-refractivity contribution in [3.05, 3.63) is 27.9 Å². The number of rotatable bonds is 4. The van der Waals surface area contributed by atoms with E-state index in [2.05, 4.69) is 4.98 Å². The van der Waals surface area contributed by atoms with Crippen LogP contribution < -0.4 is 5.56 Å². The summed E-state index contributed by atoms with van der Waals surface area (Å²) in [5.74, 6) is 0.316. The fraction of sp³-hybridized carbons (Fsp3) is 0.750. The topological polar surface area (TPSA) is 75.5 Å². The third-order valence-electron chi connectivity index (χ3n) is 5.26. The van der Waals surface area contributed by atoms with Crippen LogP contribution in [-0.4, -0.2) is 52.8 Å². The molecule has 8 heteroatoms. The summed E-state index contributed by atoms with van der Waals surface area (Å²) in [5, 5.41) is 0. The molecule has 0 amide bonds. The molecule has 0 bridgehead atoms. The van der Waals surface area contributed by atoms with E-state index < -0.39 is 10.2 Å². The van der Waals surface area contributed by atoms with E-state index in [0.29, 0.717) is 44.2 Å². The standard InChI is InChI=1S/C16H26N4O3S/c1-13-14(2)17-12-18(16(13)21)11-15-5-9-20(10-6-15)24(22,23)19-7-3-4-8-19/h12,15H,3-11H2,1-2H3. The van der Waals surface area contributed by atoms with E-state index in [9.17, 15) is 13.2 Å². The third kappa shape index (κ3) is 3.41. The molecule has 2 aliphatic heterocycles. The first kappa shape index (κ1) is 17.6. The highest BCUT2D eigenvalue weighted by molar-refractivity contribution is 7.86. The highest BCUT2D eigenvalue weighted by atomic mass is 32.2. The molecular formula is C16H26N4O3S. The summed E-state index contributed by atoms with van der Waals surface area (Å²) >= 11 is 0. The fourth-order valence-corrected chi connectivity index (χ4v) is 5.21. The molecule has 0 spiro atoms. The van der Waals surface area contributed by atoms with Gasteiger partial charge in [0.25, 0.3) is 15.8 Å². The summed E-state index contributed by atoms with van der Waals surface area (Å²) in [5.41, 5.74) is 1.46. The van der Waals surface area contributed by atoms with Crippen LogP contribution in [0, 0.1) is 19.8 Å². The monoisotopic (exact) mass is 354 g/mol. The van der Waals surface area contributed by atoms with Crippen molar-refractivity contribution in [2.24, 2.45) is 5.92 Å². The molecule has 0 aromatic carbocycles. The van der Waals surface area contributed by atoms with E-state index in [1.165, 1.54) is 0 Å². The highest BCUT2D eigenvalue weighted by Crippen LogP contribution is 2.24. The maximum atomic E-state index is 12.6. The molecule has 0 atom stereocenters. The molecule has 1 aromatic heterocycles. The van der Waals surface area contributed by atoms with Crippen molar-refractivity contribution in [3.63, 3.8) is 0 Å². The van der Waals surface area contributed by atoms with Crippen molar-refractivity contribution >= 4 is 10.2 Å². The Morgan fingerprint density at radius 1 is 1.08 bits per heavy atom. The largest absolute Gasteiger partial charge is 0.299 e. The summed E-state index contributed by atoms with van der Waals surface area (Å²) in [6.07, 6.45) is 5.09. The lowest BCUT2D eigenvalue weighted by Crippen LogP contribution is -2.46. The van der Waals surface area contributed by atoms with Gasteiger partial charge in [-0.25, -0.2) is 4.98 Å². The summed E-state index contributed by atoms with van der Waals surface area (Å²) in [6.45, 7) is 6.62. The number of aryl methyl sites for hydroxylation is 1. The first-order valence-electron chi connectivity index (χ1n) is 8.67. The lowest BCUT2D eigenvalue weighted by atomic mass is 9.98. The van der Waals surface area contributed by atoms with E-state index >= 15 is 0 Å². The molecule has 2 saturated heterocycles. The molecule has 3 rings (SSSR count). The third-order valence-corrected chi connectivity index (χ3v) is 7.30. The highest BCUT2D eigenvalue weighted by Gasteiger charge is 2.34. The molecule has 7 nitrogen and oxygen atoms in total. The van der Waals surface area contributed by atoms with Crippen LogP contribution in [0.5, 0.6) is 0 Å². The fourth-order valence-electron chi connectivity index (χ4n) is 3.49. The number of hydrogen-bond acceptors (Lipinski definition) is 4. The molecule has 0 N–H and O–H groups in total. The van der Waals surface area contributed by atoms with Crippen LogP contribution in [0.1, 0.15) is 36.9 Å². The number of aromatic nitrogens is 2. The minimum Gasteiger partial charge on any atom is -0.299 e. The number of hydrogen-bond donors (Lipinski definition) is 0. The number of nitrogens with zero attached hydrogens (tertiary/aromatic N) is 4. The maximum absolute atomic E-state index is 12.6. The lowest BCUT2D eigenvalue weighted by Gasteiger charge is -2.33. The van der Waals surface area contributed by atoms with Gasteiger partial charge in [-0.2, -0.15) is 17.0 Å². The predicted molar refractivity (Wildman–Crippen MR) is 92.0 cm³/mol. The van der Waals surface area contributed by atoms with Crippen LogP contribution >= 0.6 is 0 Å². The Labute approximate surface area is 143 Å². The zero-order valence-corrected chi connectivity index (χ0v) is 15.3.